The van der Waals surface area contributed by atoms with Gasteiger partial charge < -0.3 is 61.4 Å². The van der Waals surface area contributed by atoms with Crippen molar-refractivity contribution < 1.29 is 62.1 Å². The number of anilines is 5. The number of carboxylic acids is 1. The fraction of sp³-hybridized carbons (Fsp3) is 0.397. The molecule has 8 rings (SSSR count). The largest absolute Gasteiger partial charge is 0.491 e. The van der Waals surface area contributed by atoms with Gasteiger partial charge in [0.2, 0.25) is 17.7 Å². The first kappa shape index (κ1) is 68.3. The molecule has 486 valence electrons. The number of nitrogens with two attached hydrogens (primary N) is 1. The molecule has 26 nitrogen and oxygen atoms in total. The first-order valence-corrected chi connectivity index (χ1v) is 31.5. The van der Waals surface area contributed by atoms with Crippen molar-refractivity contribution >= 4 is 108 Å². The number of carbonyl (C=O) groups is 8. The summed E-state index contributed by atoms with van der Waals surface area (Å²) in [5.74, 6) is 2.25. The lowest BCUT2D eigenvalue weighted by Gasteiger charge is -2.28. The normalized spacial score (nSPS) is 13.3. The monoisotopic (exact) mass is 1300 g/mol. The van der Waals surface area contributed by atoms with Gasteiger partial charge in [-0.2, -0.15) is 0 Å². The van der Waals surface area contributed by atoms with Crippen molar-refractivity contribution in [2.24, 2.45) is 11.7 Å². The van der Waals surface area contributed by atoms with Crippen LogP contribution in [0.15, 0.2) is 78.9 Å². The molecule has 0 radical (unpaired) electrons. The number of likely N-dealkylation sites (N-methyl/N-ethyl adjacent to an activating group) is 1. The highest BCUT2D eigenvalue weighted by molar-refractivity contribution is 7.22. The summed E-state index contributed by atoms with van der Waals surface area (Å²) in [6.07, 6.45) is 4.14. The number of thiazole rings is 2. The number of halogens is 1. The quantitative estimate of drug-likeness (QED) is 0.0140. The predicted octanol–water partition coefficient (Wildman–Crippen LogP) is 6.42. The van der Waals surface area contributed by atoms with Crippen LogP contribution >= 0.6 is 22.7 Å². The summed E-state index contributed by atoms with van der Waals surface area (Å²) >= 11 is 2.79. The Labute approximate surface area is 538 Å². The number of aromatic carboxylic acids is 1. The van der Waals surface area contributed by atoms with Gasteiger partial charge in [0.15, 0.2) is 39.2 Å². The Morgan fingerprint density at radius 2 is 1.67 bits per heavy atom. The molecular weight excluding hydrogens is 1230 g/mol. The van der Waals surface area contributed by atoms with Gasteiger partial charge in [0.1, 0.15) is 18.7 Å². The summed E-state index contributed by atoms with van der Waals surface area (Å²) in [6, 6.07) is 15.7. The topological polar surface area (TPSA) is 335 Å². The number of fused-ring (bicyclic) bond motifs is 2. The number of rotatable bonds is 31. The lowest BCUT2D eigenvalue weighted by atomic mass is 10.0. The summed E-state index contributed by atoms with van der Waals surface area (Å²) in [6.45, 7) is 6.78. The second kappa shape index (κ2) is 32.9. The van der Waals surface area contributed by atoms with Crippen LogP contribution in [0.3, 0.4) is 0 Å². The van der Waals surface area contributed by atoms with E-state index in [4.69, 9.17) is 19.9 Å². The number of ether oxygens (including phenoxy) is 3. The van der Waals surface area contributed by atoms with Gasteiger partial charge in [0.25, 0.3) is 11.8 Å². The summed E-state index contributed by atoms with van der Waals surface area (Å²) in [4.78, 5) is 117. The molecule has 2 aliphatic rings. The minimum absolute atomic E-state index is 0.00808. The fourth-order valence-corrected chi connectivity index (χ4v) is 11.6. The Bertz CT molecular complexity index is 3710. The third kappa shape index (κ3) is 19.2. The van der Waals surface area contributed by atoms with E-state index in [-0.39, 0.29) is 83.3 Å². The van der Waals surface area contributed by atoms with Gasteiger partial charge in [0.05, 0.1) is 43.1 Å². The first-order chi connectivity index (χ1) is 44.2. The Kier molecular flexibility index (Phi) is 24.4. The Morgan fingerprint density at radius 3 is 2.39 bits per heavy atom. The molecule has 8 amide bonds. The Balaban J connectivity index is 0.797. The van der Waals surface area contributed by atoms with Crippen LogP contribution in [0.25, 0.3) is 10.2 Å². The third-order valence-electron chi connectivity index (χ3n) is 14.6. The van der Waals surface area contributed by atoms with Gasteiger partial charge in [-0.3, -0.25) is 33.8 Å². The van der Waals surface area contributed by atoms with Crippen molar-refractivity contribution in [2.75, 3.05) is 88.7 Å². The molecule has 92 heavy (non-hydrogen) atoms. The van der Waals surface area contributed by atoms with Crippen molar-refractivity contribution in [2.45, 2.75) is 84.4 Å². The Hall–Kier alpha value is -9.63. The molecule has 6 aromatic rings. The second-order valence-corrected chi connectivity index (χ2v) is 24.2. The number of carbonyl (C=O) groups excluding carboxylic acids is 7. The van der Waals surface area contributed by atoms with Crippen LogP contribution in [0.1, 0.15) is 83.6 Å². The smallest absolute Gasteiger partial charge is 0.410 e. The zero-order valence-corrected chi connectivity index (χ0v) is 53.2. The van der Waals surface area contributed by atoms with Crippen molar-refractivity contribution in [1.82, 2.24) is 50.8 Å². The van der Waals surface area contributed by atoms with E-state index < -0.39 is 71.4 Å². The first-order valence-electron chi connectivity index (χ1n) is 29.8. The van der Waals surface area contributed by atoms with Gasteiger partial charge in [0, 0.05) is 72.0 Å². The summed E-state index contributed by atoms with van der Waals surface area (Å²) in [5, 5.41) is 34.4. The number of carboxylic acid groups (broad SMARTS) is 1. The van der Waals surface area contributed by atoms with E-state index in [0.29, 0.717) is 69.5 Å². The number of primary amides is 1. The van der Waals surface area contributed by atoms with Gasteiger partial charge in [-0.25, -0.2) is 28.7 Å². The lowest BCUT2D eigenvalue weighted by Crippen LogP contribution is -2.54. The number of benzene rings is 3. The number of aryl methyl sites for hydroxylation is 1. The molecule has 0 saturated carbocycles. The number of hydrogen-bond donors (Lipinski definition) is 7. The minimum Gasteiger partial charge on any atom is -0.491 e. The summed E-state index contributed by atoms with van der Waals surface area (Å²) < 4.78 is 33.4. The van der Waals surface area contributed by atoms with E-state index in [1.54, 1.807) is 44.2 Å². The molecule has 5 heterocycles. The molecule has 0 unspecified atom stereocenters. The molecule has 3 aromatic heterocycles. The Morgan fingerprint density at radius 1 is 0.902 bits per heavy atom. The van der Waals surface area contributed by atoms with Crippen molar-refractivity contribution in [3.63, 3.8) is 0 Å². The van der Waals surface area contributed by atoms with E-state index in [1.807, 2.05) is 55.1 Å². The second-order valence-electron chi connectivity index (χ2n) is 22.1. The zero-order chi connectivity index (χ0) is 65.8. The fourth-order valence-electron chi connectivity index (χ4n) is 9.66. The molecule has 2 aliphatic heterocycles. The average molecular weight is 1300 g/mol. The molecule has 2 atom stereocenters. The molecule has 8 N–H and O–H groups in total. The van der Waals surface area contributed by atoms with Gasteiger partial charge >= 0.3 is 18.1 Å². The average Bonchev–Trinajstić information content (AvgIpc) is 1.67. The number of nitrogens with zero attached hydrogens (tertiary/aromatic N) is 8. The van der Waals surface area contributed by atoms with Crippen molar-refractivity contribution in [3.8, 4) is 17.6 Å². The number of amides is 8. The van der Waals surface area contributed by atoms with E-state index in [2.05, 4.69) is 58.6 Å². The third-order valence-corrected chi connectivity index (χ3v) is 16.7. The van der Waals surface area contributed by atoms with Crippen LogP contribution in [0.5, 0.6) is 5.75 Å². The van der Waals surface area contributed by atoms with Gasteiger partial charge in [-0.05, 0) is 113 Å². The molecule has 0 aliphatic carbocycles. The maximum Gasteiger partial charge on any atom is 0.410 e. The molecule has 29 heteroatoms. The van der Waals surface area contributed by atoms with Crippen LogP contribution in [-0.4, -0.2) is 173 Å². The molecule has 0 spiro atoms. The molecule has 3 aromatic carbocycles. The van der Waals surface area contributed by atoms with Crippen LogP contribution in [0.4, 0.5) is 41.6 Å². The van der Waals surface area contributed by atoms with E-state index in [1.165, 1.54) is 39.7 Å². The molecule has 0 fully saturated rings. The zero-order valence-electron chi connectivity index (χ0n) is 51.5. The highest BCUT2D eigenvalue weighted by atomic mass is 32.1. The van der Waals surface area contributed by atoms with Crippen LogP contribution in [0.2, 0.25) is 0 Å². The molecule has 0 bridgehead atoms. The summed E-state index contributed by atoms with van der Waals surface area (Å²) in [5.41, 5.74) is 9.25. The van der Waals surface area contributed by atoms with Gasteiger partial charge in [-0.1, -0.05) is 61.3 Å². The number of imide groups is 1. The molecule has 0 saturated heterocycles. The standard InChI is InChI=1S/C63H73FN14O12S2/c1-38(2)53(70-50(79)26-34-88-35-32-77-51(80)24-25-52(77)81)58(83)68-46(15-8-27-66-60(65)86)57(82)67-42-21-18-41(19-22-42)37-90-63(87)76(31-30-75(4)5)28-9-12-40-20-23-47(44(64)36-40)89-33-11-17-49-54(59(84)85)71-62(92-49)78-29-10-13-43-39(3)55(73-74-56(43)78)72-61-69-45-14-6-7-16-48(45)91-61/h6-7,14,16,18-25,36,38,46,53H,8,10-11,13,15,17,26-35,37H2,1-5H3,(H,67,82)(H,68,83)(H,70,79)(H,84,85)(H3,65,66,86)(H,69,72,73)/t46-,53-/m0/s1. The highest BCUT2D eigenvalue weighted by Gasteiger charge is 2.31. The van der Waals surface area contributed by atoms with E-state index in [9.17, 15) is 43.5 Å². The summed E-state index contributed by atoms with van der Waals surface area (Å²) in [7, 11) is 3.71. The van der Waals surface area contributed by atoms with Crippen LogP contribution in [0, 0.1) is 30.5 Å². The number of hydrogen-bond acceptors (Lipinski definition) is 20. The van der Waals surface area contributed by atoms with Crippen LogP contribution < -0.4 is 42.0 Å². The minimum atomic E-state index is -1.16. The van der Waals surface area contributed by atoms with Crippen LogP contribution in [-0.2, 0) is 52.9 Å². The number of aromatic nitrogens is 4. The van der Waals surface area contributed by atoms with Gasteiger partial charge in [-0.15, -0.1) is 21.5 Å². The number of urea groups is 1. The van der Waals surface area contributed by atoms with E-state index in [0.717, 1.165) is 51.2 Å². The maximum atomic E-state index is 15.4. The number of nitrogens with one attached hydrogen (secondary N) is 5. The van der Waals surface area contributed by atoms with E-state index >= 15 is 4.39 Å². The van der Waals surface area contributed by atoms with Crippen molar-refractivity contribution in [1.29, 1.82) is 0 Å². The molecular formula is C63H73FN14O12S2. The predicted molar refractivity (Wildman–Crippen MR) is 343 cm³/mol. The van der Waals surface area contributed by atoms with Crippen molar-refractivity contribution in [3.05, 3.63) is 118 Å². The highest BCUT2D eigenvalue weighted by Crippen LogP contribution is 2.39. The lowest BCUT2D eigenvalue weighted by molar-refractivity contribution is -0.138. The SMILES string of the molecule is Cc1c(Nc2nc3ccccc3s2)nnc2c1CCCN2c1nc(C(=O)O)c(CCCOc2ccc(C#CCN(CCN(C)C)C(=O)OCc3ccc(NC(=O)[C@H](CCCNC(N)=O)NC(=O)[C@@H](NC(=O)CCOCCN4C(=O)C=CC4=O)C(C)C)cc3)cc2F)s1. The number of para-hydroxylation sites is 1. The maximum absolute atomic E-state index is 15.4.